The molecular formula is C15H23BrN2. The largest absolute Gasteiger partial charge is 0.366 e. The molecule has 2 rings (SSSR count). The molecule has 0 aliphatic carbocycles. The third-order valence-electron chi connectivity index (χ3n) is 4.07. The van der Waals surface area contributed by atoms with Gasteiger partial charge in [0.25, 0.3) is 0 Å². The van der Waals surface area contributed by atoms with Crippen LogP contribution in [0.3, 0.4) is 0 Å². The Morgan fingerprint density at radius 3 is 2.94 bits per heavy atom. The summed E-state index contributed by atoms with van der Waals surface area (Å²) in [6.07, 6.45) is 1.23. The molecule has 1 aromatic rings. The maximum atomic E-state index is 3.68. The highest BCUT2D eigenvalue weighted by atomic mass is 79.9. The summed E-state index contributed by atoms with van der Waals surface area (Å²) < 4.78 is 1.16. The van der Waals surface area contributed by atoms with Crippen molar-refractivity contribution >= 4 is 21.6 Å². The zero-order valence-electron chi connectivity index (χ0n) is 11.5. The van der Waals surface area contributed by atoms with Crippen LogP contribution in [-0.2, 0) is 0 Å². The number of anilines is 1. The number of hydrogen-bond acceptors (Lipinski definition) is 2. The van der Waals surface area contributed by atoms with Gasteiger partial charge in [-0.15, -0.1) is 0 Å². The van der Waals surface area contributed by atoms with Crippen LogP contribution in [0.25, 0.3) is 0 Å². The molecule has 0 amide bonds. The van der Waals surface area contributed by atoms with Crippen molar-refractivity contribution in [1.29, 1.82) is 0 Å². The fraction of sp³-hybridized carbons (Fsp3) is 0.600. The second-order valence-corrected chi connectivity index (χ2v) is 6.30. The van der Waals surface area contributed by atoms with E-state index in [1.165, 1.54) is 12.1 Å². The van der Waals surface area contributed by atoms with Crippen molar-refractivity contribution in [2.24, 2.45) is 5.92 Å². The number of benzene rings is 1. The van der Waals surface area contributed by atoms with Crippen LogP contribution >= 0.6 is 15.9 Å². The molecule has 100 valence electrons. The Morgan fingerprint density at radius 1 is 1.50 bits per heavy atom. The lowest BCUT2D eigenvalue weighted by Crippen LogP contribution is -2.57. The van der Waals surface area contributed by atoms with E-state index < -0.39 is 0 Å². The number of nitrogens with one attached hydrogen (secondary N) is 1. The van der Waals surface area contributed by atoms with Gasteiger partial charge in [0.2, 0.25) is 0 Å². The zero-order valence-corrected chi connectivity index (χ0v) is 13.1. The monoisotopic (exact) mass is 310 g/mol. The third kappa shape index (κ3) is 3.07. The van der Waals surface area contributed by atoms with E-state index in [1.807, 2.05) is 0 Å². The first kappa shape index (κ1) is 13.9. The molecule has 1 saturated heterocycles. The molecule has 18 heavy (non-hydrogen) atoms. The van der Waals surface area contributed by atoms with Gasteiger partial charge >= 0.3 is 0 Å². The molecule has 1 heterocycles. The topological polar surface area (TPSA) is 15.3 Å². The van der Waals surface area contributed by atoms with Gasteiger partial charge in [-0.2, -0.15) is 0 Å². The van der Waals surface area contributed by atoms with E-state index in [0.29, 0.717) is 12.1 Å². The van der Waals surface area contributed by atoms with E-state index in [1.54, 1.807) is 0 Å². The van der Waals surface area contributed by atoms with Crippen LogP contribution in [0, 0.1) is 5.92 Å². The summed E-state index contributed by atoms with van der Waals surface area (Å²) in [5.41, 5.74) is 1.33. The average molecular weight is 311 g/mol. The highest BCUT2D eigenvalue weighted by Gasteiger charge is 2.27. The highest BCUT2D eigenvalue weighted by Crippen LogP contribution is 2.25. The Bertz CT molecular complexity index is 394. The first-order chi connectivity index (χ1) is 8.61. The lowest BCUT2D eigenvalue weighted by atomic mass is 9.95. The molecule has 1 aromatic carbocycles. The van der Waals surface area contributed by atoms with E-state index in [9.17, 15) is 0 Å². The van der Waals surface area contributed by atoms with Crippen LogP contribution in [0.15, 0.2) is 28.7 Å². The quantitative estimate of drug-likeness (QED) is 0.916. The summed E-state index contributed by atoms with van der Waals surface area (Å²) in [7, 11) is 0. The Morgan fingerprint density at radius 2 is 2.28 bits per heavy atom. The lowest BCUT2D eigenvalue weighted by molar-refractivity contribution is 0.316. The fourth-order valence-electron chi connectivity index (χ4n) is 2.57. The Balaban J connectivity index is 2.15. The van der Waals surface area contributed by atoms with E-state index in [-0.39, 0.29) is 0 Å². The minimum absolute atomic E-state index is 0.555. The van der Waals surface area contributed by atoms with Crippen molar-refractivity contribution in [1.82, 2.24) is 5.32 Å². The normalized spacial score (nSPS) is 26.1. The molecule has 2 nitrogen and oxygen atoms in total. The average Bonchev–Trinajstić information content (AvgIpc) is 2.38. The van der Waals surface area contributed by atoms with Crippen molar-refractivity contribution in [2.45, 2.75) is 39.3 Å². The van der Waals surface area contributed by atoms with Crippen LogP contribution < -0.4 is 10.2 Å². The van der Waals surface area contributed by atoms with Crippen LogP contribution in [0.1, 0.15) is 27.2 Å². The molecule has 3 heteroatoms. The van der Waals surface area contributed by atoms with Crippen molar-refractivity contribution < 1.29 is 0 Å². The van der Waals surface area contributed by atoms with Crippen molar-refractivity contribution in [3.63, 3.8) is 0 Å². The number of rotatable bonds is 3. The minimum Gasteiger partial charge on any atom is -0.366 e. The predicted molar refractivity (Wildman–Crippen MR) is 82.2 cm³/mol. The van der Waals surface area contributed by atoms with Gasteiger partial charge in [-0.1, -0.05) is 42.3 Å². The van der Waals surface area contributed by atoms with Gasteiger partial charge in [-0.3, -0.25) is 0 Å². The zero-order chi connectivity index (χ0) is 13.1. The second-order valence-electron chi connectivity index (χ2n) is 5.38. The van der Waals surface area contributed by atoms with Crippen molar-refractivity contribution in [3.05, 3.63) is 28.7 Å². The Kier molecular flexibility index (Phi) is 4.68. The van der Waals surface area contributed by atoms with Crippen LogP contribution in [-0.4, -0.2) is 25.2 Å². The van der Waals surface area contributed by atoms with Crippen LogP contribution in [0.5, 0.6) is 0 Å². The maximum Gasteiger partial charge on any atom is 0.0387 e. The molecular weight excluding hydrogens is 288 g/mol. The molecule has 1 N–H and O–H groups in total. The summed E-state index contributed by atoms with van der Waals surface area (Å²) in [6.45, 7) is 9.08. The number of hydrogen-bond donors (Lipinski definition) is 1. The molecule has 0 bridgehead atoms. The fourth-order valence-corrected chi connectivity index (χ4v) is 2.96. The van der Waals surface area contributed by atoms with Gasteiger partial charge in [-0.25, -0.2) is 0 Å². The van der Waals surface area contributed by atoms with Gasteiger partial charge in [-0.05, 0) is 31.0 Å². The van der Waals surface area contributed by atoms with Gasteiger partial charge in [0.1, 0.15) is 0 Å². The standard InChI is InChI=1S/C15H23BrN2/c1-4-11(2)15-10-18(12(3)9-17-15)14-7-5-6-13(16)8-14/h5-8,11-12,15,17H,4,9-10H2,1-3H3. The molecule has 0 radical (unpaired) electrons. The number of nitrogens with zero attached hydrogens (tertiary/aromatic N) is 1. The predicted octanol–water partition coefficient (Wildman–Crippen LogP) is 3.66. The van der Waals surface area contributed by atoms with Crippen LogP contribution in [0.2, 0.25) is 0 Å². The third-order valence-corrected chi connectivity index (χ3v) is 4.56. The van der Waals surface area contributed by atoms with E-state index in [2.05, 4.69) is 71.2 Å². The molecule has 1 aliphatic heterocycles. The highest BCUT2D eigenvalue weighted by molar-refractivity contribution is 9.10. The van der Waals surface area contributed by atoms with Gasteiger partial charge < -0.3 is 10.2 Å². The molecule has 1 fully saturated rings. The number of halogens is 1. The van der Waals surface area contributed by atoms with E-state index in [0.717, 1.165) is 23.5 Å². The molecule has 0 spiro atoms. The number of piperazine rings is 1. The first-order valence-corrected chi connectivity index (χ1v) is 7.66. The lowest BCUT2D eigenvalue weighted by Gasteiger charge is -2.42. The second kappa shape index (κ2) is 6.07. The van der Waals surface area contributed by atoms with E-state index in [4.69, 9.17) is 0 Å². The summed E-state index contributed by atoms with van der Waals surface area (Å²) in [5.74, 6) is 0.729. The van der Waals surface area contributed by atoms with Gasteiger partial charge in [0, 0.05) is 35.3 Å². The summed E-state index contributed by atoms with van der Waals surface area (Å²) >= 11 is 3.56. The van der Waals surface area contributed by atoms with Crippen molar-refractivity contribution in [3.8, 4) is 0 Å². The summed E-state index contributed by atoms with van der Waals surface area (Å²) in [6, 6.07) is 9.79. The Labute approximate surface area is 119 Å². The molecule has 3 unspecified atom stereocenters. The summed E-state index contributed by atoms with van der Waals surface area (Å²) in [4.78, 5) is 2.53. The smallest absolute Gasteiger partial charge is 0.0387 e. The molecule has 0 saturated carbocycles. The maximum absolute atomic E-state index is 3.68. The van der Waals surface area contributed by atoms with E-state index >= 15 is 0 Å². The molecule has 0 aromatic heterocycles. The van der Waals surface area contributed by atoms with Crippen LogP contribution in [0.4, 0.5) is 5.69 Å². The molecule has 3 atom stereocenters. The first-order valence-electron chi connectivity index (χ1n) is 6.87. The SMILES string of the molecule is CCC(C)C1CN(c2cccc(Br)c2)C(C)CN1. The Hall–Kier alpha value is -0.540. The van der Waals surface area contributed by atoms with Gasteiger partial charge in [0.15, 0.2) is 0 Å². The van der Waals surface area contributed by atoms with Gasteiger partial charge in [0.05, 0.1) is 0 Å². The summed E-state index contributed by atoms with van der Waals surface area (Å²) in [5, 5.41) is 3.68. The van der Waals surface area contributed by atoms with Crippen molar-refractivity contribution in [2.75, 3.05) is 18.0 Å². The minimum atomic E-state index is 0.555. The molecule has 1 aliphatic rings.